The SMILES string of the molecule is COc1ccc(Br)cc1/C=N/NS(=O)(=O)c1cc(C)ccc1OC. The predicted octanol–water partition coefficient (Wildman–Crippen LogP) is 3.09. The Kier molecular flexibility index (Phi) is 5.84. The molecular weight excluding hydrogens is 396 g/mol. The molecule has 2 aromatic rings. The van der Waals surface area contributed by atoms with Crippen LogP contribution in [0.3, 0.4) is 0 Å². The number of hydrogen-bond acceptors (Lipinski definition) is 5. The molecule has 0 saturated heterocycles. The van der Waals surface area contributed by atoms with E-state index >= 15 is 0 Å². The Morgan fingerprint density at radius 1 is 1.08 bits per heavy atom. The van der Waals surface area contributed by atoms with Crippen LogP contribution in [0.15, 0.2) is 50.9 Å². The van der Waals surface area contributed by atoms with Gasteiger partial charge in [0.25, 0.3) is 10.0 Å². The standard InChI is InChI=1S/C16H17BrN2O4S/c1-11-4-6-15(23-3)16(8-11)24(20,21)19-18-10-12-9-13(17)5-7-14(12)22-2/h4-10,19H,1-3H3/b18-10+. The molecule has 24 heavy (non-hydrogen) atoms. The fourth-order valence-electron chi connectivity index (χ4n) is 2.01. The van der Waals surface area contributed by atoms with Crippen molar-refractivity contribution in [3.8, 4) is 11.5 Å². The van der Waals surface area contributed by atoms with Crippen LogP contribution in [0, 0.1) is 6.92 Å². The Bertz CT molecular complexity index is 866. The minimum absolute atomic E-state index is 0.0309. The van der Waals surface area contributed by atoms with Crippen LogP contribution in [0.25, 0.3) is 0 Å². The lowest BCUT2D eigenvalue weighted by molar-refractivity contribution is 0.402. The summed E-state index contributed by atoms with van der Waals surface area (Å²) in [5, 5.41) is 3.83. The van der Waals surface area contributed by atoms with Gasteiger partial charge in [0.15, 0.2) is 0 Å². The van der Waals surface area contributed by atoms with Crippen LogP contribution in [0.5, 0.6) is 11.5 Å². The lowest BCUT2D eigenvalue weighted by Gasteiger charge is -2.10. The van der Waals surface area contributed by atoms with E-state index in [9.17, 15) is 8.42 Å². The lowest BCUT2D eigenvalue weighted by atomic mass is 10.2. The minimum Gasteiger partial charge on any atom is -0.496 e. The molecule has 0 aliphatic rings. The number of methoxy groups -OCH3 is 2. The molecule has 6 nitrogen and oxygen atoms in total. The van der Waals surface area contributed by atoms with Crippen LogP contribution in [-0.4, -0.2) is 28.9 Å². The molecule has 0 heterocycles. The number of rotatable bonds is 6. The summed E-state index contributed by atoms with van der Waals surface area (Å²) < 4.78 is 36.0. The first-order valence-corrected chi connectivity index (χ1v) is 9.18. The summed E-state index contributed by atoms with van der Waals surface area (Å²) in [6.07, 6.45) is 1.38. The molecule has 1 N–H and O–H groups in total. The molecule has 0 amide bonds. The zero-order valence-electron chi connectivity index (χ0n) is 13.4. The number of hydrazone groups is 1. The summed E-state index contributed by atoms with van der Waals surface area (Å²) in [5.41, 5.74) is 1.43. The molecule has 0 unspecified atom stereocenters. The molecule has 0 aliphatic carbocycles. The van der Waals surface area contributed by atoms with Gasteiger partial charge in [-0.3, -0.25) is 0 Å². The van der Waals surface area contributed by atoms with Crippen molar-refractivity contribution in [3.05, 3.63) is 52.0 Å². The molecule has 0 saturated carbocycles. The van der Waals surface area contributed by atoms with Gasteiger partial charge in [-0.2, -0.15) is 18.4 Å². The highest BCUT2D eigenvalue weighted by Gasteiger charge is 2.19. The van der Waals surface area contributed by atoms with E-state index in [2.05, 4.69) is 25.9 Å². The van der Waals surface area contributed by atoms with Gasteiger partial charge in [0.05, 0.1) is 20.4 Å². The van der Waals surface area contributed by atoms with Gasteiger partial charge in [0.2, 0.25) is 0 Å². The van der Waals surface area contributed by atoms with E-state index in [1.54, 1.807) is 31.2 Å². The maximum absolute atomic E-state index is 12.4. The third-order valence-corrected chi connectivity index (χ3v) is 4.91. The molecule has 0 bridgehead atoms. The number of nitrogens with one attached hydrogen (secondary N) is 1. The van der Waals surface area contributed by atoms with Crippen LogP contribution >= 0.6 is 15.9 Å². The normalized spacial score (nSPS) is 11.5. The first kappa shape index (κ1) is 18.3. The molecule has 0 atom stereocenters. The van der Waals surface area contributed by atoms with Crippen molar-refractivity contribution in [3.63, 3.8) is 0 Å². The highest BCUT2D eigenvalue weighted by Crippen LogP contribution is 2.25. The van der Waals surface area contributed by atoms with Crippen molar-refractivity contribution in [1.29, 1.82) is 0 Å². The fourth-order valence-corrected chi connectivity index (χ4v) is 3.44. The van der Waals surface area contributed by atoms with Gasteiger partial charge in [0.1, 0.15) is 16.4 Å². The second kappa shape index (κ2) is 7.67. The van der Waals surface area contributed by atoms with E-state index in [1.807, 2.05) is 6.07 Å². The van der Waals surface area contributed by atoms with Crippen LogP contribution in [0.1, 0.15) is 11.1 Å². The summed E-state index contributed by atoms with van der Waals surface area (Å²) in [5.74, 6) is 0.831. The average Bonchev–Trinajstić information content (AvgIpc) is 2.55. The second-order valence-corrected chi connectivity index (χ2v) is 7.44. The molecule has 2 aromatic carbocycles. The highest BCUT2D eigenvalue weighted by molar-refractivity contribution is 9.10. The Morgan fingerprint density at radius 3 is 2.42 bits per heavy atom. The van der Waals surface area contributed by atoms with Gasteiger partial charge >= 0.3 is 0 Å². The quantitative estimate of drug-likeness (QED) is 0.583. The molecule has 0 fully saturated rings. The zero-order valence-corrected chi connectivity index (χ0v) is 15.8. The molecule has 128 valence electrons. The van der Waals surface area contributed by atoms with Gasteiger partial charge < -0.3 is 9.47 Å². The van der Waals surface area contributed by atoms with E-state index in [1.165, 1.54) is 26.5 Å². The number of ether oxygens (including phenoxy) is 2. The van der Waals surface area contributed by atoms with Crippen LogP contribution in [0.2, 0.25) is 0 Å². The Hall–Kier alpha value is -2.06. The summed E-state index contributed by atoms with van der Waals surface area (Å²) in [6.45, 7) is 1.80. The summed E-state index contributed by atoms with van der Waals surface area (Å²) in [7, 11) is -0.905. The molecule has 0 spiro atoms. The van der Waals surface area contributed by atoms with Crippen molar-refractivity contribution in [1.82, 2.24) is 4.83 Å². The number of halogens is 1. The average molecular weight is 413 g/mol. The molecule has 0 radical (unpaired) electrons. The molecule has 8 heteroatoms. The minimum atomic E-state index is -3.85. The number of aryl methyl sites for hydroxylation is 1. The number of sulfonamides is 1. The van der Waals surface area contributed by atoms with Crippen molar-refractivity contribution in [2.45, 2.75) is 11.8 Å². The van der Waals surface area contributed by atoms with E-state index in [0.29, 0.717) is 11.3 Å². The maximum atomic E-state index is 12.4. The van der Waals surface area contributed by atoms with Crippen molar-refractivity contribution in [2.75, 3.05) is 14.2 Å². The Morgan fingerprint density at radius 2 is 1.75 bits per heavy atom. The van der Waals surface area contributed by atoms with Gasteiger partial charge in [-0.25, -0.2) is 0 Å². The van der Waals surface area contributed by atoms with Crippen molar-refractivity contribution in [2.24, 2.45) is 5.10 Å². The van der Waals surface area contributed by atoms with Crippen LogP contribution < -0.4 is 14.3 Å². The maximum Gasteiger partial charge on any atom is 0.280 e. The first-order chi connectivity index (χ1) is 11.4. The van der Waals surface area contributed by atoms with E-state index in [-0.39, 0.29) is 10.6 Å². The number of benzene rings is 2. The van der Waals surface area contributed by atoms with Crippen molar-refractivity contribution < 1.29 is 17.9 Å². The second-order valence-electron chi connectivity index (χ2n) is 4.89. The Balaban J connectivity index is 2.28. The topological polar surface area (TPSA) is 77.0 Å². The smallest absolute Gasteiger partial charge is 0.280 e. The lowest BCUT2D eigenvalue weighted by Crippen LogP contribution is -2.19. The van der Waals surface area contributed by atoms with E-state index in [4.69, 9.17) is 9.47 Å². The highest BCUT2D eigenvalue weighted by atomic mass is 79.9. The van der Waals surface area contributed by atoms with Gasteiger partial charge in [-0.15, -0.1) is 0 Å². The Labute approximate surface area is 149 Å². The van der Waals surface area contributed by atoms with E-state index < -0.39 is 10.0 Å². The fraction of sp³-hybridized carbons (Fsp3) is 0.188. The third-order valence-electron chi connectivity index (χ3n) is 3.18. The molecule has 2 rings (SSSR count). The summed E-state index contributed by atoms with van der Waals surface area (Å²) in [6, 6.07) is 10.2. The number of hydrogen-bond donors (Lipinski definition) is 1. The zero-order chi connectivity index (χ0) is 17.7. The monoisotopic (exact) mass is 412 g/mol. The molecule has 0 aliphatic heterocycles. The number of nitrogens with zero attached hydrogens (tertiary/aromatic N) is 1. The van der Waals surface area contributed by atoms with Gasteiger partial charge in [-0.1, -0.05) is 22.0 Å². The van der Waals surface area contributed by atoms with Crippen LogP contribution in [0.4, 0.5) is 0 Å². The summed E-state index contributed by atoms with van der Waals surface area (Å²) >= 11 is 3.35. The molecule has 0 aromatic heterocycles. The van der Waals surface area contributed by atoms with Gasteiger partial charge in [0, 0.05) is 10.0 Å². The predicted molar refractivity (Wildman–Crippen MR) is 96.3 cm³/mol. The van der Waals surface area contributed by atoms with Crippen molar-refractivity contribution >= 4 is 32.2 Å². The third kappa shape index (κ3) is 4.27. The van der Waals surface area contributed by atoms with Gasteiger partial charge in [-0.05, 0) is 42.8 Å². The first-order valence-electron chi connectivity index (χ1n) is 6.90. The largest absolute Gasteiger partial charge is 0.496 e. The molecular formula is C16H17BrN2O4S. The van der Waals surface area contributed by atoms with Crippen LogP contribution in [-0.2, 0) is 10.0 Å². The summed E-state index contributed by atoms with van der Waals surface area (Å²) in [4.78, 5) is 2.22. The van der Waals surface area contributed by atoms with E-state index in [0.717, 1.165) is 10.0 Å².